The first-order chi connectivity index (χ1) is 9.25. The number of hydrogen-bond donors (Lipinski definition) is 0. The van der Waals surface area contributed by atoms with E-state index in [1.165, 1.54) is 28.2 Å². The molecule has 0 bridgehead atoms. The van der Waals surface area contributed by atoms with E-state index in [2.05, 4.69) is 43.3 Å². The molecule has 0 radical (unpaired) electrons. The summed E-state index contributed by atoms with van der Waals surface area (Å²) in [5, 5.41) is 2.77. The Morgan fingerprint density at radius 3 is 2.21 bits per heavy atom. The fourth-order valence-electron chi connectivity index (χ4n) is 2.24. The molecule has 1 heteroatoms. The monoisotopic (exact) mass is 259 g/mol. The third-order valence-electron chi connectivity index (χ3n) is 3.03. The van der Waals surface area contributed by atoms with E-state index in [1.54, 1.807) is 0 Å². The van der Waals surface area contributed by atoms with E-state index in [0.717, 1.165) is 6.42 Å². The summed E-state index contributed by atoms with van der Waals surface area (Å²) in [6.07, 6.45) is 12.9. The lowest BCUT2D eigenvalue weighted by Gasteiger charge is -1.99. The van der Waals surface area contributed by atoms with Gasteiger partial charge < -0.3 is 4.57 Å². The van der Waals surface area contributed by atoms with Crippen LogP contribution in [0.3, 0.4) is 0 Å². The van der Waals surface area contributed by atoms with Crippen molar-refractivity contribution in [3.05, 3.63) is 40.6 Å². The number of hydrogen-bond acceptors (Lipinski definition) is 0. The Balaban J connectivity index is 0.000000741. The van der Waals surface area contributed by atoms with Crippen LogP contribution in [0.5, 0.6) is 0 Å². The predicted octanol–water partition coefficient (Wildman–Crippen LogP) is 3.94. The van der Waals surface area contributed by atoms with Gasteiger partial charge in [-0.05, 0) is 36.6 Å². The van der Waals surface area contributed by atoms with Gasteiger partial charge in [-0.2, -0.15) is 0 Å². The molecule has 1 aromatic heterocycles. The molecule has 0 N–H and O–H groups in total. The van der Waals surface area contributed by atoms with Gasteiger partial charge in [-0.1, -0.05) is 58.6 Å². The van der Waals surface area contributed by atoms with E-state index in [-0.39, 0.29) is 0 Å². The van der Waals surface area contributed by atoms with Gasteiger partial charge in [0.2, 0.25) is 0 Å². The molecule has 0 aromatic carbocycles. The number of aromatic nitrogens is 1. The molecule has 1 aliphatic rings. The van der Waals surface area contributed by atoms with Gasteiger partial charge >= 0.3 is 0 Å². The quantitative estimate of drug-likeness (QED) is 0.709. The van der Waals surface area contributed by atoms with E-state index >= 15 is 0 Å². The molecule has 1 heterocycles. The second-order valence-corrected chi connectivity index (χ2v) is 3.95. The van der Waals surface area contributed by atoms with Crippen molar-refractivity contribution in [3.63, 3.8) is 0 Å². The second-order valence-electron chi connectivity index (χ2n) is 3.95. The summed E-state index contributed by atoms with van der Waals surface area (Å²) in [5.74, 6) is 0. The summed E-state index contributed by atoms with van der Waals surface area (Å²) in [7, 11) is 2.13. The van der Waals surface area contributed by atoms with Crippen molar-refractivity contribution in [2.75, 3.05) is 0 Å². The van der Waals surface area contributed by atoms with E-state index < -0.39 is 0 Å². The molecule has 0 atom stereocenters. The molecule has 2 rings (SSSR count). The largest absolute Gasteiger partial charge is 0.344 e. The van der Waals surface area contributed by atoms with Crippen LogP contribution in [-0.4, -0.2) is 4.57 Å². The highest BCUT2D eigenvalue weighted by atomic mass is 14.9. The summed E-state index contributed by atoms with van der Waals surface area (Å²) in [6, 6.07) is 0. The zero-order valence-electron chi connectivity index (χ0n) is 13.5. The average molecular weight is 259 g/mol. The minimum atomic E-state index is 1.16. The number of rotatable bonds is 2. The van der Waals surface area contributed by atoms with Crippen molar-refractivity contribution in [2.24, 2.45) is 7.05 Å². The Morgan fingerprint density at radius 1 is 1.11 bits per heavy atom. The normalized spacial score (nSPS) is 12.1. The van der Waals surface area contributed by atoms with Crippen molar-refractivity contribution < 1.29 is 0 Å². The van der Waals surface area contributed by atoms with E-state index in [9.17, 15) is 0 Å². The second kappa shape index (κ2) is 9.43. The van der Waals surface area contributed by atoms with Crippen molar-refractivity contribution in [2.45, 2.75) is 47.5 Å². The van der Waals surface area contributed by atoms with Crippen LogP contribution in [0.1, 0.15) is 51.8 Å². The lowest BCUT2D eigenvalue weighted by atomic mass is 10.1. The van der Waals surface area contributed by atoms with E-state index in [4.69, 9.17) is 0 Å². The maximum atomic E-state index is 3.71. The van der Waals surface area contributed by atoms with Gasteiger partial charge in [0.05, 0.1) is 0 Å². The van der Waals surface area contributed by atoms with Crippen LogP contribution in [0.4, 0.5) is 0 Å². The average Bonchev–Trinajstić information content (AvgIpc) is 2.74. The zero-order valence-corrected chi connectivity index (χ0v) is 13.5. The molecule has 0 aliphatic heterocycles. The van der Waals surface area contributed by atoms with Crippen molar-refractivity contribution in [1.29, 1.82) is 0 Å². The van der Waals surface area contributed by atoms with Crippen LogP contribution in [-0.2, 0) is 7.05 Å². The summed E-state index contributed by atoms with van der Waals surface area (Å²) < 4.78 is 2.26. The first kappa shape index (κ1) is 17.5. The number of fused-ring (bicyclic) bond motifs is 1. The highest BCUT2D eigenvalue weighted by Crippen LogP contribution is 2.06. The van der Waals surface area contributed by atoms with Crippen LogP contribution in [0, 0.1) is 6.92 Å². The van der Waals surface area contributed by atoms with Gasteiger partial charge in [0.1, 0.15) is 0 Å². The zero-order chi connectivity index (χ0) is 14.8. The lowest BCUT2D eigenvalue weighted by Crippen LogP contribution is -2.30. The molecule has 0 spiro atoms. The molecule has 0 saturated heterocycles. The smallest absolute Gasteiger partial charge is 0.0444 e. The molecule has 0 amide bonds. The summed E-state index contributed by atoms with van der Waals surface area (Å²) in [4.78, 5) is 0. The summed E-state index contributed by atoms with van der Waals surface area (Å²) >= 11 is 0. The molecule has 19 heavy (non-hydrogen) atoms. The molecule has 1 aromatic rings. The van der Waals surface area contributed by atoms with Gasteiger partial charge in [-0.3, -0.25) is 0 Å². The fourth-order valence-corrected chi connectivity index (χ4v) is 2.24. The minimum absolute atomic E-state index is 1.16. The first-order valence-corrected chi connectivity index (χ1v) is 7.40. The van der Waals surface area contributed by atoms with Crippen LogP contribution >= 0.6 is 0 Å². The van der Waals surface area contributed by atoms with Gasteiger partial charge in [-0.25, -0.2) is 0 Å². The standard InChI is InChI=1S/C14H17N.2C2H6/c1-4-5-9-13-11(2)12-8-6-7-10-14(12)15(13)3;2*1-2/h4-5,8-10H,1,6-7H2,2-3H3;2*1-2H3/b9-5-;;. The Hall–Kier alpha value is -1.50. The Morgan fingerprint density at radius 2 is 1.68 bits per heavy atom. The lowest BCUT2D eigenvalue weighted by molar-refractivity contribution is 0.866. The van der Waals surface area contributed by atoms with Gasteiger partial charge in [-0.15, -0.1) is 0 Å². The molecular formula is C18H29N. The highest BCUT2D eigenvalue weighted by Gasteiger charge is 2.07. The van der Waals surface area contributed by atoms with Gasteiger partial charge in [0.25, 0.3) is 0 Å². The Kier molecular flexibility index (Phi) is 8.69. The molecule has 106 valence electrons. The molecule has 0 saturated carbocycles. The topological polar surface area (TPSA) is 4.93 Å². The summed E-state index contributed by atoms with van der Waals surface area (Å²) in [5.41, 5.74) is 2.66. The van der Waals surface area contributed by atoms with Crippen molar-refractivity contribution in [1.82, 2.24) is 4.57 Å². The minimum Gasteiger partial charge on any atom is -0.344 e. The predicted molar refractivity (Wildman–Crippen MR) is 89.5 cm³/mol. The molecule has 0 fully saturated rings. The molecule has 1 aliphatic carbocycles. The third-order valence-corrected chi connectivity index (χ3v) is 3.03. The van der Waals surface area contributed by atoms with Crippen LogP contribution < -0.4 is 10.6 Å². The maximum absolute atomic E-state index is 3.71. The third kappa shape index (κ3) is 3.99. The van der Waals surface area contributed by atoms with Crippen LogP contribution in [0.2, 0.25) is 0 Å². The SMILES string of the molecule is C=C/C=C\c1c(C)c2c(n1C)=CCCC=2.CC.CC. The van der Waals surface area contributed by atoms with E-state index in [1.807, 2.05) is 39.8 Å². The van der Waals surface area contributed by atoms with Crippen molar-refractivity contribution in [3.8, 4) is 0 Å². The number of nitrogens with zero attached hydrogens (tertiary/aromatic N) is 1. The maximum Gasteiger partial charge on any atom is 0.0444 e. The molecule has 1 nitrogen and oxygen atoms in total. The van der Waals surface area contributed by atoms with E-state index in [0.29, 0.717) is 0 Å². The van der Waals surface area contributed by atoms with Gasteiger partial charge in [0, 0.05) is 18.1 Å². The first-order valence-electron chi connectivity index (χ1n) is 7.40. The number of allylic oxidation sites excluding steroid dienone is 2. The van der Waals surface area contributed by atoms with Crippen LogP contribution in [0.25, 0.3) is 18.2 Å². The highest BCUT2D eigenvalue weighted by molar-refractivity contribution is 5.55. The van der Waals surface area contributed by atoms with Gasteiger partial charge in [0.15, 0.2) is 0 Å². The molecule has 0 unspecified atom stereocenters. The van der Waals surface area contributed by atoms with Crippen molar-refractivity contribution >= 4 is 18.2 Å². The van der Waals surface area contributed by atoms with Crippen LogP contribution in [0.15, 0.2) is 18.7 Å². The fraction of sp³-hybridized carbons (Fsp3) is 0.444. The molecular weight excluding hydrogens is 230 g/mol. The summed E-state index contributed by atoms with van der Waals surface area (Å²) in [6.45, 7) is 13.9. The Bertz CT molecular complexity index is 488. The Labute approximate surface area is 118 Å².